The Morgan fingerprint density at radius 1 is 1.38 bits per heavy atom. The summed E-state index contributed by atoms with van der Waals surface area (Å²) in [6.07, 6.45) is 2.06. The average Bonchev–Trinajstić information content (AvgIpc) is 2.03. The highest BCUT2D eigenvalue weighted by Crippen LogP contribution is 2.15. The van der Waals surface area contributed by atoms with Crippen molar-refractivity contribution in [2.24, 2.45) is 0 Å². The van der Waals surface area contributed by atoms with Crippen molar-refractivity contribution < 1.29 is 0 Å². The SMILES string of the molecule is CCCc1cc(C(C)C)nc(Cl)n1. The first-order valence-electron chi connectivity index (χ1n) is 4.66. The smallest absolute Gasteiger partial charge is 0.222 e. The Morgan fingerprint density at radius 2 is 2.08 bits per heavy atom. The zero-order valence-corrected chi connectivity index (χ0v) is 9.10. The van der Waals surface area contributed by atoms with E-state index in [1.165, 1.54) is 0 Å². The fourth-order valence-corrected chi connectivity index (χ4v) is 1.37. The lowest BCUT2D eigenvalue weighted by molar-refractivity contribution is 0.790. The van der Waals surface area contributed by atoms with Gasteiger partial charge in [0.2, 0.25) is 5.28 Å². The third-order valence-electron chi connectivity index (χ3n) is 1.87. The van der Waals surface area contributed by atoms with E-state index in [1.54, 1.807) is 0 Å². The predicted molar refractivity (Wildman–Crippen MR) is 55.1 cm³/mol. The van der Waals surface area contributed by atoms with Crippen LogP contribution in [-0.2, 0) is 6.42 Å². The average molecular weight is 199 g/mol. The second-order valence-electron chi connectivity index (χ2n) is 3.46. The van der Waals surface area contributed by atoms with Crippen LogP contribution in [0.1, 0.15) is 44.5 Å². The van der Waals surface area contributed by atoms with E-state index in [0.717, 1.165) is 24.2 Å². The van der Waals surface area contributed by atoms with Gasteiger partial charge in [0.05, 0.1) is 0 Å². The molecule has 0 amide bonds. The molecule has 0 saturated carbocycles. The van der Waals surface area contributed by atoms with Crippen LogP contribution in [0.4, 0.5) is 0 Å². The van der Waals surface area contributed by atoms with Crippen LogP contribution in [0.15, 0.2) is 6.07 Å². The minimum atomic E-state index is 0.370. The van der Waals surface area contributed by atoms with Crippen molar-refractivity contribution in [2.75, 3.05) is 0 Å². The highest BCUT2D eigenvalue weighted by atomic mass is 35.5. The predicted octanol–water partition coefficient (Wildman–Crippen LogP) is 3.21. The van der Waals surface area contributed by atoms with Gasteiger partial charge < -0.3 is 0 Å². The van der Waals surface area contributed by atoms with Crippen molar-refractivity contribution >= 4 is 11.6 Å². The number of hydrogen-bond donors (Lipinski definition) is 0. The Kier molecular flexibility index (Phi) is 3.67. The molecule has 0 aliphatic carbocycles. The molecule has 0 aromatic carbocycles. The summed E-state index contributed by atoms with van der Waals surface area (Å²) >= 11 is 5.81. The summed E-state index contributed by atoms with van der Waals surface area (Å²) in [7, 11) is 0. The van der Waals surface area contributed by atoms with E-state index in [4.69, 9.17) is 11.6 Å². The van der Waals surface area contributed by atoms with Crippen LogP contribution < -0.4 is 0 Å². The fraction of sp³-hybridized carbons (Fsp3) is 0.600. The van der Waals surface area contributed by atoms with Crippen LogP contribution in [0.2, 0.25) is 5.28 Å². The zero-order valence-electron chi connectivity index (χ0n) is 8.34. The molecule has 0 fully saturated rings. The second-order valence-corrected chi connectivity index (χ2v) is 3.80. The van der Waals surface area contributed by atoms with Gasteiger partial charge >= 0.3 is 0 Å². The van der Waals surface area contributed by atoms with E-state index in [1.807, 2.05) is 6.07 Å². The van der Waals surface area contributed by atoms with Crippen LogP contribution >= 0.6 is 11.6 Å². The van der Waals surface area contributed by atoms with Crippen molar-refractivity contribution in [3.05, 3.63) is 22.7 Å². The summed E-state index contributed by atoms with van der Waals surface area (Å²) in [5, 5.41) is 0.370. The molecule has 1 rings (SSSR count). The molecule has 0 N–H and O–H groups in total. The van der Waals surface area contributed by atoms with Gasteiger partial charge in [-0.3, -0.25) is 0 Å². The normalized spacial score (nSPS) is 10.8. The topological polar surface area (TPSA) is 25.8 Å². The van der Waals surface area contributed by atoms with Crippen LogP contribution in [0.3, 0.4) is 0 Å². The highest BCUT2D eigenvalue weighted by Gasteiger charge is 2.05. The highest BCUT2D eigenvalue weighted by molar-refractivity contribution is 6.28. The molecular weight excluding hydrogens is 184 g/mol. The summed E-state index contributed by atoms with van der Waals surface area (Å²) in [5.74, 6) is 0.413. The number of rotatable bonds is 3. The molecule has 0 aliphatic rings. The van der Waals surface area contributed by atoms with Crippen molar-refractivity contribution in [2.45, 2.75) is 39.5 Å². The molecule has 1 aromatic heterocycles. The van der Waals surface area contributed by atoms with E-state index in [9.17, 15) is 0 Å². The molecule has 1 aromatic rings. The summed E-state index contributed by atoms with van der Waals surface area (Å²) in [5.41, 5.74) is 2.08. The Bertz CT molecular complexity index is 284. The summed E-state index contributed by atoms with van der Waals surface area (Å²) in [4.78, 5) is 8.33. The lowest BCUT2D eigenvalue weighted by Gasteiger charge is -2.06. The van der Waals surface area contributed by atoms with E-state index in [-0.39, 0.29) is 0 Å². The third kappa shape index (κ3) is 2.96. The van der Waals surface area contributed by atoms with E-state index >= 15 is 0 Å². The summed E-state index contributed by atoms with van der Waals surface area (Å²) in [6, 6.07) is 2.04. The molecule has 1 heterocycles. The number of hydrogen-bond acceptors (Lipinski definition) is 2. The minimum Gasteiger partial charge on any atom is -0.223 e. The van der Waals surface area contributed by atoms with E-state index < -0.39 is 0 Å². The Hall–Kier alpha value is -0.630. The molecule has 72 valence electrons. The number of aromatic nitrogens is 2. The number of nitrogens with zero attached hydrogens (tertiary/aromatic N) is 2. The van der Waals surface area contributed by atoms with E-state index in [0.29, 0.717) is 11.2 Å². The molecular formula is C10H15ClN2. The minimum absolute atomic E-state index is 0.370. The van der Waals surface area contributed by atoms with Crippen LogP contribution in [0.5, 0.6) is 0 Å². The molecule has 2 nitrogen and oxygen atoms in total. The van der Waals surface area contributed by atoms with Gasteiger partial charge in [0.25, 0.3) is 0 Å². The largest absolute Gasteiger partial charge is 0.223 e. The first kappa shape index (κ1) is 10.5. The van der Waals surface area contributed by atoms with Gasteiger partial charge in [0.15, 0.2) is 0 Å². The molecule has 3 heteroatoms. The van der Waals surface area contributed by atoms with Gasteiger partial charge in [-0.05, 0) is 30.0 Å². The fourth-order valence-electron chi connectivity index (χ4n) is 1.17. The van der Waals surface area contributed by atoms with Crippen molar-refractivity contribution in [3.8, 4) is 0 Å². The Morgan fingerprint density at radius 3 is 2.62 bits per heavy atom. The Balaban J connectivity index is 2.96. The van der Waals surface area contributed by atoms with Crippen LogP contribution in [0, 0.1) is 0 Å². The quantitative estimate of drug-likeness (QED) is 0.698. The van der Waals surface area contributed by atoms with E-state index in [2.05, 4.69) is 30.7 Å². The summed E-state index contributed by atoms with van der Waals surface area (Å²) < 4.78 is 0. The molecule has 0 unspecified atom stereocenters. The lowest BCUT2D eigenvalue weighted by Crippen LogP contribution is -1.99. The molecule has 13 heavy (non-hydrogen) atoms. The maximum absolute atomic E-state index is 5.81. The maximum Gasteiger partial charge on any atom is 0.222 e. The van der Waals surface area contributed by atoms with Gasteiger partial charge in [-0.1, -0.05) is 27.2 Å². The van der Waals surface area contributed by atoms with Crippen molar-refractivity contribution in [1.82, 2.24) is 9.97 Å². The summed E-state index contributed by atoms with van der Waals surface area (Å²) in [6.45, 7) is 6.34. The van der Waals surface area contributed by atoms with Crippen LogP contribution in [0.25, 0.3) is 0 Å². The van der Waals surface area contributed by atoms with Crippen molar-refractivity contribution in [1.29, 1.82) is 0 Å². The molecule has 0 saturated heterocycles. The van der Waals surface area contributed by atoms with Gasteiger partial charge in [-0.15, -0.1) is 0 Å². The molecule has 0 atom stereocenters. The first-order chi connectivity index (χ1) is 6.13. The zero-order chi connectivity index (χ0) is 9.84. The first-order valence-corrected chi connectivity index (χ1v) is 5.04. The lowest BCUT2D eigenvalue weighted by atomic mass is 10.1. The van der Waals surface area contributed by atoms with Gasteiger partial charge in [-0.25, -0.2) is 9.97 Å². The maximum atomic E-state index is 5.81. The molecule has 0 spiro atoms. The van der Waals surface area contributed by atoms with Gasteiger partial charge in [0.1, 0.15) is 0 Å². The second kappa shape index (κ2) is 4.56. The molecule has 0 radical (unpaired) electrons. The Labute approximate surface area is 84.4 Å². The molecule has 0 bridgehead atoms. The van der Waals surface area contributed by atoms with Crippen LogP contribution in [-0.4, -0.2) is 9.97 Å². The third-order valence-corrected chi connectivity index (χ3v) is 2.04. The molecule has 0 aliphatic heterocycles. The standard InChI is InChI=1S/C10H15ClN2/c1-4-5-8-6-9(7(2)3)13-10(11)12-8/h6-7H,4-5H2,1-3H3. The number of aryl methyl sites for hydroxylation is 1. The van der Waals surface area contributed by atoms with Gasteiger partial charge in [-0.2, -0.15) is 0 Å². The van der Waals surface area contributed by atoms with Gasteiger partial charge in [0, 0.05) is 11.4 Å². The number of halogens is 1. The monoisotopic (exact) mass is 198 g/mol. The van der Waals surface area contributed by atoms with Crippen molar-refractivity contribution in [3.63, 3.8) is 0 Å².